The van der Waals surface area contributed by atoms with Crippen molar-refractivity contribution in [3.63, 3.8) is 0 Å². The zero-order chi connectivity index (χ0) is 16.4. The number of para-hydroxylation sites is 1. The Labute approximate surface area is 131 Å². The molecule has 2 aromatic rings. The Morgan fingerprint density at radius 2 is 2.13 bits per heavy atom. The largest absolute Gasteiger partial charge is 0.496 e. The van der Waals surface area contributed by atoms with Crippen LogP contribution in [-0.2, 0) is 4.79 Å². The van der Waals surface area contributed by atoms with Gasteiger partial charge in [-0.3, -0.25) is 9.59 Å². The highest BCUT2D eigenvalue weighted by molar-refractivity contribution is 6.08. The monoisotopic (exact) mass is 316 g/mol. The van der Waals surface area contributed by atoms with Crippen molar-refractivity contribution in [3.8, 4) is 11.5 Å². The summed E-state index contributed by atoms with van der Waals surface area (Å²) >= 11 is 0. The lowest BCUT2D eigenvalue weighted by Gasteiger charge is -2.21. The van der Waals surface area contributed by atoms with Gasteiger partial charge in [-0.25, -0.2) is 4.39 Å². The fraction of sp³-hybridized carbons (Fsp3) is 0.125. The standard InChI is InChI=1S/C16H13FN2O4/c1-22-13-5-3-2-4-10(13)16(21)19-12-7-9(17)6-11-15(12)23-8-14(20)18-11/h2-7H,8H2,1H3,(H,18,20)(H,19,21). The molecule has 6 nitrogen and oxygen atoms in total. The molecule has 0 bridgehead atoms. The number of halogens is 1. The number of anilines is 2. The number of carbonyl (C=O) groups is 2. The lowest BCUT2D eigenvalue weighted by molar-refractivity contribution is -0.118. The number of nitrogens with one attached hydrogen (secondary N) is 2. The summed E-state index contributed by atoms with van der Waals surface area (Å²) < 4.78 is 24.1. The summed E-state index contributed by atoms with van der Waals surface area (Å²) in [6.45, 7) is -0.198. The fourth-order valence-electron chi connectivity index (χ4n) is 2.28. The van der Waals surface area contributed by atoms with Crippen LogP contribution in [-0.4, -0.2) is 25.5 Å². The van der Waals surface area contributed by atoms with Crippen LogP contribution in [0.25, 0.3) is 0 Å². The Morgan fingerprint density at radius 3 is 2.91 bits per heavy atom. The van der Waals surface area contributed by atoms with E-state index in [2.05, 4.69) is 10.6 Å². The van der Waals surface area contributed by atoms with Gasteiger partial charge in [0.2, 0.25) is 0 Å². The van der Waals surface area contributed by atoms with Gasteiger partial charge in [0.05, 0.1) is 24.0 Å². The summed E-state index contributed by atoms with van der Waals surface area (Å²) in [5.74, 6) is -0.857. The SMILES string of the molecule is COc1ccccc1C(=O)Nc1cc(F)cc2c1OCC(=O)N2. The van der Waals surface area contributed by atoms with Crippen molar-refractivity contribution in [1.29, 1.82) is 0 Å². The topological polar surface area (TPSA) is 76.7 Å². The van der Waals surface area contributed by atoms with Crippen LogP contribution in [0, 0.1) is 5.82 Å². The molecule has 2 amide bonds. The summed E-state index contributed by atoms with van der Waals surface area (Å²) in [5.41, 5.74) is 0.611. The smallest absolute Gasteiger partial charge is 0.262 e. The minimum absolute atomic E-state index is 0.135. The Kier molecular flexibility index (Phi) is 3.84. The number of methoxy groups -OCH3 is 1. The number of carbonyl (C=O) groups excluding carboxylic acids is 2. The second-order valence-electron chi connectivity index (χ2n) is 4.82. The van der Waals surface area contributed by atoms with Crippen molar-refractivity contribution in [1.82, 2.24) is 0 Å². The molecule has 1 heterocycles. The average Bonchev–Trinajstić information content (AvgIpc) is 2.54. The van der Waals surface area contributed by atoms with Crippen LogP contribution in [0.15, 0.2) is 36.4 Å². The molecule has 7 heteroatoms. The normalized spacial score (nSPS) is 12.7. The molecule has 2 aromatic carbocycles. The molecule has 3 rings (SSSR count). The van der Waals surface area contributed by atoms with Crippen LogP contribution in [0.2, 0.25) is 0 Å². The number of benzene rings is 2. The second-order valence-corrected chi connectivity index (χ2v) is 4.82. The number of amides is 2. The first kappa shape index (κ1) is 14.8. The van der Waals surface area contributed by atoms with Gasteiger partial charge in [-0.05, 0) is 12.1 Å². The van der Waals surface area contributed by atoms with Gasteiger partial charge in [-0.1, -0.05) is 12.1 Å². The molecule has 0 saturated carbocycles. The first-order valence-electron chi connectivity index (χ1n) is 6.79. The number of hydrogen-bond acceptors (Lipinski definition) is 4. The Hall–Kier alpha value is -3.09. The van der Waals surface area contributed by atoms with Gasteiger partial charge in [-0.2, -0.15) is 0 Å². The predicted octanol–water partition coefficient (Wildman–Crippen LogP) is 2.42. The maximum atomic E-state index is 13.7. The second kappa shape index (κ2) is 5.96. The first-order chi connectivity index (χ1) is 11.1. The van der Waals surface area contributed by atoms with Gasteiger partial charge < -0.3 is 20.1 Å². The summed E-state index contributed by atoms with van der Waals surface area (Å²) in [7, 11) is 1.45. The van der Waals surface area contributed by atoms with Crippen molar-refractivity contribution >= 4 is 23.2 Å². The minimum atomic E-state index is -0.607. The van der Waals surface area contributed by atoms with Crippen LogP contribution >= 0.6 is 0 Å². The lowest BCUT2D eigenvalue weighted by atomic mass is 10.1. The summed E-state index contributed by atoms with van der Waals surface area (Å²) in [4.78, 5) is 23.7. The molecule has 2 N–H and O–H groups in total. The van der Waals surface area contributed by atoms with E-state index in [9.17, 15) is 14.0 Å². The maximum absolute atomic E-state index is 13.7. The molecule has 1 aliphatic heterocycles. The van der Waals surface area contributed by atoms with E-state index in [0.717, 1.165) is 12.1 Å². The van der Waals surface area contributed by atoms with Crippen molar-refractivity contribution < 1.29 is 23.5 Å². The van der Waals surface area contributed by atoms with Gasteiger partial charge in [0.25, 0.3) is 11.8 Å². The molecule has 0 aliphatic carbocycles. The van der Waals surface area contributed by atoms with Gasteiger partial charge in [0.1, 0.15) is 11.6 Å². The molecule has 0 fully saturated rings. The van der Waals surface area contributed by atoms with Crippen molar-refractivity contribution in [2.75, 3.05) is 24.4 Å². The van der Waals surface area contributed by atoms with Crippen molar-refractivity contribution in [2.45, 2.75) is 0 Å². The van der Waals surface area contributed by atoms with E-state index in [-0.39, 0.29) is 29.6 Å². The van der Waals surface area contributed by atoms with Gasteiger partial charge in [0, 0.05) is 12.1 Å². The third-order valence-electron chi connectivity index (χ3n) is 3.28. The van der Waals surface area contributed by atoms with Crippen LogP contribution in [0.1, 0.15) is 10.4 Å². The van der Waals surface area contributed by atoms with Crippen LogP contribution in [0.5, 0.6) is 11.5 Å². The lowest BCUT2D eigenvalue weighted by Crippen LogP contribution is -2.26. The number of rotatable bonds is 3. The maximum Gasteiger partial charge on any atom is 0.262 e. The number of ether oxygens (including phenoxy) is 2. The third kappa shape index (κ3) is 2.94. The van der Waals surface area contributed by atoms with Crippen LogP contribution in [0.4, 0.5) is 15.8 Å². The molecule has 0 spiro atoms. The molecule has 0 saturated heterocycles. The highest BCUT2D eigenvalue weighted by Crippen LogP contribution is 2.37. The van der Waals surface area contributed by atoms with Crippen molar-refractivity contribution in [2.24, 2.45) is 0 Å². The quantitative estimate of drug-likeness (QED) is 0.912. The Morgan fingerprint density at radius 1 is 1.35 bits per heavy atom. The zero-order valence-corrected chi connectivity index (χ0v) is 12.2. The molecule has 0 aromatic heterocycles. The van der Waals surface area contributed by atoms with E-state index in [1.165, 1.54) is 7.11 Å². The minimum Gasteiger partial charge on any atom is -0.496 e. The third-order valence-corrected chi connectivity index (χ3v) is 3.28. The highest BCUT2D eigenvalue weighted by atomic mass is 19.1. The summed E-state index contributed by atoms with van der Waals surface area (Å²) in [5, 5.41) is 5.08. The first-order valence-corrected chi connectivity index (χ1v) is 6.79. The molecule has 118 valence electrons. The van der Waals surface area contributed by atoms with E-state index in [0.29, 0.717) is 11.3 Å². The van der Waals surface area contributed by atoms with Crippen LogP contribution in [0.3, 0.4) is 0 Å². The molecule has 0 unspecified atom stereocenters. The Bertz CT molecular complexity index is 792. The molecule has 23 heavy (non-hydrogen) atoms. The number of hydrogen-bond donors (Lipinski definition) is 2. The van der Waals surface area contributed by atoms with Gasteiger partial charge in [-0.15, -0.1) is 0 Å². The molecule has 0 atom stereocenters. The average molecular weight is 316 g/mol. The highest BCUT2D eigenvalue weighted by Gasteiger charge is 2.22. The number of fused-ring (bicyclic) bond motifs is 1. The van der Waals surface area contributed by atoms with E-state index >= 15 is 0 Å². The van der Waals surface area contributed by atoms with Crippen molar-refractivity contribution in [3.05, 3.63) is 47.8 Å². The van der Waals surface area contributed by atoms with E-state index < -0.39 is 11.7 Å². The van der Waals surface area contributed by atoms with Gasteiger partial charge in [0.15, 0.2) is 12.4 Å². The Balaban J connectivity index is 1.94. The predicted molar refractivity (Wildman–Crippen MR) is 81.5 cm³/mol. The molecule has 0 radical (unpaired) electrons. The van der Waals surface area contributed by atoms with Crippen LogP contribution < -0.4 is 20.1 Å². The summed E-state index contributed by atoms with van der Waals surface area (Å²) in [6, 6.07) is 8.91. The molecular formula is C16H13FN2O4. The van der Waals surface area contributed by atoms with E-state index in [1.807, 2.05) is 0 Å². The summed E-state index contributed by atoms with van der Waals surface area (Å²) in [6.07, 6.45) is 0. The van der Waals surface area contributed by atoms with E-state index in [4.69, 9.17) is 9.47 Å². The van der Waals surface area contributed by atoms with E-state index in [1.54, 1.807) is 24.3 Å². The van der Waals surface area contributed by atoms with Gasteiger partial charge >= 0.3 is 0 Å². The zero-order valence-electron chi connectivity index (χ0n) is 12.2. The molecule has 1 aliphatic rings. The fourth-order valence-corrected chi connectivity index (χ4v) is 2.28. The molecular weight excluding hydrogens is 303 g/mol.